The number of ether oxygens (including phenoxy) is 1. The van der Waals surface area contributed by atoms with E-state index in [4.69, 9.17) is 9.15 Å². The van der Waals surface area contributed by atoms with Crippen LogP contribution in [0.1, 0.15) is 24.4 Å². The van der Waals surface area contributed by atoms with Crippen molar-refractivity contribution in [2.24, 2.45) is 5.92 Å². The molecule has 0 spiro atoms. The van der Waals surface area contributed by atoms with Crippen LogP contribution in [0.15, 0.2) is 59.0 Å². The highest BCUT2D eigenvalue weighted by atomic mass is 16.5. The molecule has 1 saturated heterocycles. The van der Waals surface area contributed by atoms with Gasteiger partial charge in [0.1, 0.15) is 5.52 Å². The highest BCUT2D eigenvalue weighted by Gasteiger charge is 2.23. The first-order valence-electron chi connectivity index (χ1n) is 8.13. The molecule has 4 heteroatoms. The summed E-state index contributed by atoms with van der Waals surface area (Å²) >= 11 is 0. The van der Waals surface area contributed by atoms with Gasteiger partial charge in [0.15, 0.2) is 5.58 Å². The molecule has 1 aromatic heterocycles. The predicted octanol–water partition coefficient (Wildman–Crippen LogP) is 4.41. The zero-order valence-corrected chi connectivity index (χ0v) is 12.9. The molecule has 1 fully saturated rings. The minimum absolute atomic E-state index is 0.177. The third-order valence-electron chi connectivity index (χ3n) is 4.39. The topological polar surface area (TPSA) is 47.3 Å². The molecule has 0 aliphatic carbocycles. The lowest BCUT2D eigenvalue weighted by atomic mass is 9.94. The van der Waals surface area contributed by atoms with Gasteiger partial charge in [-0.1, -0.05) is 42.5 Å². The van der Waals surface area contributed by atoms with Crippen LogP contribution in [0.25, 0.3) is 11.1 Å². The molecule has 4 rings (SSSR count). The van der Waals surface area contributed by atoms with Crippen LogP contribution in [0.5, 0.6) is 0 Å². The van der Waals surface area contributed by atoms with Crippen molar-refractivity contribution in [3.63, 3.8) is 0 Å². The molecule has 3 aromatic rings. The number of nitrogens with zero attached hydrogens (tertiary/aromatic N) is 1. The summed E-state index contributed by atoms with van der Waals surface area (Å²) in [6.45, 7) is 1.72. The normalized spacial score (nSPS) is 19.0. The van der Waals surface area contributed by atoms with Gasteiger partial charge in [-0.05, 0) is 36.5 Å². The standard InChI is InChI=1S/C19H20N2O2/c1-2-6-15(7-3-1)17(12-14-10-11-22-13-14)21-19-20-16-8-4-5-9-18(16)23-19/h1-9,14,17H,10-13H2,(H,20,21). The molecular formula is C19H20N2O2. The van der Waals surface area contributed by atoms with Gasteiger partial charge in [-0.3, -0.25) is 0 Å². The van der Waals surface area contributed by atoms with E-state index in [1.165, 1.54) is 5.56 Å². The van der Waals surface area contributed by atoms with Gasteiger partial charge in [0.25, 0.3) is 6.01 Å². The lowest BCUT2D eigenvalue weighted by Gasteiger charge is -2.20. The predicted molar refractivity (Wildman–Crippen MR) is 90.4 cm³/mol. The lowest BCUT2D eigenvalue weighted by Crippen LogP contribution is -2.16. The number of para-hydroxylation sites is 2. The van der Waals surface area contributed by atoms with Gasteiger partial charge < -0.3 is 14.5 Å². The molecule has 0 amide bonds. The summed E-state index contributed by atoms with van der Waals surface area (Å²) in [6.07, 6.45) is 2.14. The molecule has 0 saturated carbocycles. The summed E-state index contributed by atoms with van der Waals surface area (Å²) in [5.74, 6) is 0.581. The van der Waals surface area contributed by atoms with E-state index in [1.807, 2.05) is 30.3 Å². The van der Waals surface area contributed by atoms with Crippen molar-refractivity contribution in [3.8, 4) is 0 Å². The Morgan fingerprint density at radius 1 is 1.09 bits per heavy atom. The van der Waals surface area contributed by atoms with E-state index in [0.29, 0.717) is 11.9 Å². The summed E-state index contributed by atoms with van der Waals surface area (Å²) in [6, 6.07) is 19.1. The molecule has 2 atom stereocenters. The molecular weight excluding hydrogens is 288 g/mol. The Balaban J connectivity index is 1.58. The van der Waals surface area contributed by atoms with Crippen molar-refractivity contribution in [1.82, 2.24) is 4.98 Å². The van der Waals surface area contributed by atoms with E-state index >= 15 is 0 Å². The molecule has 118 valence electrons. The van der Waals surface area contributed by atoms with Crippen LogP contribution < -0.4 is 5.32 Å². The largest absolute Gasteiger partial charge is 0.424 e. The van der Waals surface area contributed by atoms with Gasteiger partial charge in [-0.2, -0.15) is 4.98 Å². The summed E-state index contributed by atoms with van der Waals surface area (Å²) in [4.78, 5) is 4.54. The third kappa shape index (κ3) is 3.22. The minimum Gasteiger partial charge on any atom is -0.424 e. The van der Waals surface area contributed by atoms with Crippen LogP contribution in [0.3, 0.4) is 0 Å². The average Bonchev–Trinajstić information content (AvgIpc) is 3.24. The lowest BCUT2D eigenvalue weighted by molar-refractivity contribution is 0.183. The van der Waals surface area contributed by atoms with Crippen molar-refractivity contribution < 1.29 is 9.15 Å². The molecule has 0 bridgehead atoms. The summed E-state index contributed by atoms with van der Waals surface area (Å²) in [7, 11) is 0. The number of hydrogen-bond donors (Lipinski definition) is 1. The first-order valence-corrected chi connectivity index (χ1v) is 8.13. The van der Waals surface area contributed by atoms with E-state index in [2.05, 4.69) is 34.6 Å². The van der Waals surface area contributed by atoms with E-state index in [-0.39, 0.29) is 6.04 Å². The van der Waals surface area contributed by atoms with Gasteiger partial charge in [-0.15, -0.1) is 0 Å². The Morgan fingerprint density at radius 2 is 1.91 bits per heavy atom. The minimum atomic E-state index is 0.177. The number of aromatic nitrogens is 1. The van der Waals surface area contributed by atoms with Gasteiger partial charge >= 0.3 is 0 Å². The number of nitrogens with one attached hydrogen (secondary N) is 1. The SMILES string of the molecule is c1ccc(C(CC2CCOC2)Nc2nc3ccccc3o2)cc1. The summed E-state index contributed by atoms with van der Waals surface area (Å²) < 4.78 is 11.4. The summed E-state index contributed by atoms with van der Waals surface area (Å²) in [5, 5.41) is 3.48. The highest BCUT2D eigenvalue weighted by Crippen LogP contribution is 2.30. The average molecular weight is 308 g/mol. The van der Waals surface area contributed by atoms with E-state index in [9.17, 15) is 0 Å². The van der Waals surface area contributed by atoms with Gasteiger partial charge in [-0.25, -0.2) is 0 Å². The Labute approximate surface area is 135 Å². The van der Waals surface area contributed by atoms with E-state index in [1.54, 1.807) is 0 Å². The second-order valence-electron chi connectivity index (χ2n) is 6.06. The summed E-state index contributed by atoms with van der Waals surface area (Å²) in [5.41, 5.74) is 2.94. The molecule has 0 radical (unpaired) electrons. The molecule has 1 N–H and O–H groups in total. The molecule has 2 heterocycles. The molecule has 2 unspecified atom stereocenters. The van der Waals surface area contributed by atoms with E-state index in [0.717, 1.165) is 37.2 Å². The van der Waals surface area contributed by atoms with Crippen molar-refractivity contribution in [2.45, 2.75) is 18.9 Å². The van der Waals surface area contributed by atoms with Crippen molar-refractivity contribution in [3.05, 3.63) is 60.2 Å². The first kappa shape index (κ1) is 14.3. The van der Waals surface area contributed by atoms with Crippen molar-refractivity contribution in [1.29, 1.82) is 0 Å². The van der Waals surface area contributed by atoms with Crippen LogP contribution in [0.2, 0.25) is 0 Å². The maximum Gasteiger partial charge on any atom is 0.296 e. The number of oxazole rings is 1. The zero-order valence-electron chi connectivity index (χ0n) is 12.9. The molecule has 4 nitrogen and oxygen atoms in total. The fraction of sp³-hybridized carbons (Fsp3) is 0.316. The van der Waals surface area contributed by atoms with Crippen LogP contribution in [0, 0.1) is 5.92 Å². The van der Waals surface area contributed by atoms with Gasteiger partial charge in [0, 0.05) is 13.2 Å². The maximum absolute atomic E-state index is 5.83. The van der Waals surface area contributed by atoms with Crippen LogP contribution in [-0.4, -0.2) is 18.2 Å². The van der Waals surface area contributed by atoms with Crippen LogP contribution in [-0.2, 0) is 4.74 Å². The smallest absolute Gasteiger partial charge is 0.296 e. The van der Waals surface area contributed by atoms with Crippen LogP contribution >= 0.6 is 0 Å². The Morgan fingerprint density at radius 3 is 2.70 bits per heavy atom. The Bertz CT molecular complexity index is 730. The van der Waals surface area contributed by atoms with Gasteiger partial charge in [0.05, 0.1) is 6.04 Å². The highest BCUT2D eigenvalue weighted by molar-refractivity contribution is 5.74. The monoisotopic (exact) mass is 308 g/mol. The number of rotatable bonds is 5. The van der Waals surface area contributed by atoms with Gasteiger partial charge in [0.2, 0.25) is 0 Å². The first-order chi connectivity index (χ1) is 11.4. The zero-order chi connectivity index (χ0) is 15.5. The molecule has 23 heavy (non-hydrogen) atoms. The van der Waals surface area contributed by atoms with Crippen LogP contribution in [0.4, 0.5) is 6.01 Å². The molecule has 2 aromatic carbocycles. The number of anilines is 1. The molecule has 1 aliphatic rings. The maximum atomic E-state index is 5.83. The quantitative estimate of drug-likeness (QED) is 0.758. The Hall–Kier alpha value is -2.33. The fourth-order valence-electron chi connectivity index (χ4n) is 3.15. The number of fused-ring (bicyclic) bond motifs is 1. The second-order valence-corrected chi connectivity index (χ2v) is 6.06. The number of benzene rings is 2. The number of hydrogen-bond acceptors (Lipinski definition) is 4. The third-order valence-corrected chi connectivity index (χ3v) is 4.39. The Kier molecular flexibility index (Phi) is 3.99. The van der Waals surface area contributed by atoms with Crippen molar-refractivity contribution >= 4 is 17.1 Å². The second kappa shape index (κ2) is 6.42. The fourth-order valence-corrected chi connectivity index (χ4v) is 3.15. The molecule has 1 aliphatic heterocycles. The van der Waals surface area contributed by atoms with Crippen molar-refractivity contribution in [2.75, 3.05) is 18.5 Å². The van der Waals surface area contributed by atoms with E-state index < -0.39 is 0 Å².